The van der Waals surface area contributed by atoms with E-state index in [1.165, 1.54) is 32.1 Å². The van der Waals surface area contributed by atoms with Crippen LogP contribution in [0.15, 0.2) is 6.20 Å². The average Bonchev–Trinajstić information content (AvgIpc) is 2.88. The second-order valence-corrected chi connectivity index (χ2v) is 6.57. The molecule has 0 aromatic carbocycles. The summed E-state index contributed by atoms with van der Waals surface area (Å²) in [7, 11) is 1.93. The molecule has 1 saturated heterocycles. The van der Waals surface area contributed by atoms with Crippen LogP contribution in [0.4, 0.5) is 0 Å². The first-order chi connectivity index (χ1) is 9.72. The van der Waals surface area contributed by atoms with E-state index in [1.807, 2.05) is 13.2 Å². The Labute approximate surface area is 121 Å². The number of aromatic nitrogens is 3. The summed E-state index contributed by atoms with van der Waals surface area (Å²) in [6, 6.07) is 1.25. The van der Waals surface area contributed by atoms with Crippen molar-refractivity contribution in [3.63, 3.8) is 0 Å². The quantitative estimate of drug-likeness (QED) is 0.911. The highest BCUT2D eigenvalue weighted by Crippen LogP contribution is 2.28. The van der Waals surface area contributed by atoms with E-state index in [0.29, 0.717) is 12.1 Å². The summed E-state index contributed by atoms with van der Waals surface area (Å²) in [5, 5.41) is 12.0. The van der Waals surface area contributed by atoms with E-state index in [9.17, 15) is 0 Å². The fraction of sp³-hybridized carbons (Fsp3) is 0.867. The van der Waals surface area contributed by atoms with Gasteiger partial charge >= 0.3 is 0 Å². The molecule has 1 aliphatic carbocycles. The zero-order valence-corrected chi connectivity index (χ0v) is 12.8. The number of hydrogen-bond donors (Lipinski definition) is 1. The van der Waals surface area contributed by atoms with Gasteiger partial charge in [-0.3, -0.25) is 9.58 Å². The van der Waals surface area contributed by atoms with Gasteiger partial charge in [-0.25, -0.2) is 0 Å². The minimum Gasteiger partial charge on any atom is -0.311 e. The Morgan fingerprint density at radius 1 is 1.30 bits per heavy atom. The smallest absolute Gasteiger partial charge is 0.0967 e. The van der Waals surface area contributed by atoms with Gasteiger partial charge in [0.1, 0.15) is 0 Å². The van der Waals surface area contributed by atoms with Crippen LogP contribution < -0.4 is 5.32 Å². The Hall–Kier alpha value is -0.940. The largest absolute Gasteiger partial charge is 0.311 e. The Balaban J connectivity index is 1.60. The van der Waals surface area contributed by atoms with E-state index < -0.39 is 0 Å². The molecule has 2 unspecified atom stereocenters. The van der Waals surface area contributed by atoms with Gasteiger partial charge < -0.3 is 5.32 Å². The third-order valence-corrected chi connectivity index (χ3v) is 4.96. The molecule has 2 atom stereocenters. The monoisotopic (exact) mass is 277 g/mol. The zero-order valence-electron chi connectivity index (χ0n) is 12.8. The summed E-state index contributed by atoms with van der Waals surface area (Å²) in [6.45, 7) is 5.49. The van der Waals surface area contributed by atoms with Gasteiger partial charge in [-0.05, 0) is 25.7 Å². The second-order valence-electron chi connectivity index (χ2n) is 6.57. The molecule has 1 aromatic heterocycles. The predicted molar refractivity (Wildman–Crippen MR) is 79.2 cm³/mol. The molecule has 1 aliphatic heterocycles. The topological polar surface area (TPSA) is 46.0 Å². The lowest BCUT2D eigenvalue weighted by Gasteiger charge is -2.42. The Morgan fingerprint density at radius 2 is 2.10 bits per heavy atom. The van der Waals surface area contributed by atoms with Crippen LogP contribution in [0, 0.1) is 5.92 Å². The maximum atomic E-state index is 4.23. The van der Waals surface area contributed by atoms with Crippen molar-refractivity contribution in [1.82, 2.24) is 25.2 Å². The van der Waals surface area contributed by atoms with Crippen molar-refractivity contribution >= 4 is 0 Å². The summed E-state index contributed by atoms with van der Waals surface area (Å²) in [5.41, 5.74) is 1.09. The van der Waals surface area contributed by atoms with Gasteiger partial charge in [0.25, 0.3) is 0 Å². The zero-order chi connectivity index (χ0) is 13.9. The third-order valence-electron chi connectivity index (χ3n) is 4.96. The Morgan fingerprint density at radius 3 is 2.80 bits per heavy atom. The van der Waals surface area contributed by atoms with Gasteiger partial charge in [0.05, 0.1) is 5.69 Å². The van der Waals surface area contributed by atoms with E-state index in [-0.39, 0.29) is 0 Å². The lowest BCUT2D eigenvalue weighted by molar-refractivity contribution is 0.0969. The van der Waals surface area contributed by atoms with Crippen LogP contribution in [-0.2, 0) is 13.6 Å². The van der Waals surface area contributed by atoms with E-state index in [4.69, 9.17) is 0 Å². The number of nitrogens with one attached hydrogen (secondary N) is 1. The summed E-state index contributed by atoms with van der Waals surface area (Å²) in [6.07, 6.45) is 9.12. The van der Waals surface area contributed by atoms with Crippen LogP contribution >= 0.6 is 0 Å². The predicted octanol–water partition coefficient (Wildman–Crippen LogP) is 1.56. The van der Waals surface area contributed by atoms with Crippen LogP contribution in [-0.4, -0.2) is 45.1 Å². The van der Waals surface area contributed by atoms with Crippen molar-refractivity contribution < 1.29 is 0 Å². The minimum atomic E-state index is 0.580. The lowest BCUT2D eigenvalue weighted by atomic mass is 9.82. The maximum Gasteiger partial charge on any atom is 0.0967 e. The van der Waals surface area contributed by atoms with Crippen LogP contribution in [0.5, 0.6) is 0 Å². The van der Waals surface area contributed by atoms with Gasteiger partial charge in [0, 0.05) is 45.0 Å². The van der Waals surface area contributed by atoms with Crippen molar-refractivity contribution in [2.45, 2.75) is 57.7 Å². The van der Waals surface area contributed by atoms with E-state index >= 15 is 0 Å². The maximum absolute atomic E-state index is 4.23. The van der Waals surface area contributed by atoms with Crippen LogP contribution in [0.3, 0.4) is 0 Å². The number of rotatable bonds is 3. The van der Waals surface area contributed by atoms with E-state index in [0.717, 1.165) is 31.2 Å². The number of nitrogens with zero attached hydrogens (tertiary/aromatic N) is 4. The van der Waals surface area contributed by atoms with Crippen LogP contribution in [0.25, 0.3) is 0 Å². The molecule has 0 radical (unpaired) electrons. The van der Waals surface area contributed by atoms with Gasteiger partial charge in [-0.1, -0.05) is 24.5 Å². The first-order valence-corrected chi connectivity index (χ1v) is 8.05. The van der Waals surface area contributed by atoms with Crippen LogP contribution in [0.2, 0.25) is 0 Å². The van der Waals surface area contributed by atoms with Gasteiger partial charge in [0.15, 0.2) is 0 Å². The Bertz CT molecular complexity index is 424. The van der Waals surface area contributed by atoms with Crippen molar-refractivity contribution in [2.24, 2.45) is 13.0 Å². The fourth-order valence-corrected chi connectivity index (χ4v) is 3.70. The highest BCUT2D eigenvalue weighted by Gasteiger charge is 2.31. The fourth-order valence-electron chi connectivity index (χ4n) is 3.70. The molecule has 1 N–H and O–H groups in total. The standard InChI is InChI=1S/C15H27N5/c1-12-8-16-15(13-6-4-3-5-7-13)11-20(12)10-14-9-19(2)18-17-14/h9,12-13,15-16H,3-8,10-11H2,1-2H3. The summed E-state index contributed by atoms with van der Waals surface area (Å²) < 4.78 is 1.79. The van der Waals surface area contributed by atoms with Crippen LogP contribution in [0.1, 0.15) is 44.7 Å². The average molecular weight is 277 g/mol. The highest BCUT2D eigenvalue weighted by molar-refractivity contribution is 4.96. The van der Waals surface area contributed by atoms with E-state index in [2.05, 4.69) is 27.5 Å². The van der Waals surface area contributed by atoms with Gasteiger partial charge in [-0.2, -0.15) is 0 Å². The molecule has 0 spiro atoms. The molecule has 112 valence electrons. The second kappa shape index (κ2) is 6.22. The molecule has 3 rings (SSSR count). The molecular weight excluding hydrogens is 250 g/mol. The number of hydrogen-bond acceptors (Lipinski definition) is 4. The number of aryl methyl sites for hydroxylation is 1. The molecule has 20 heavy (non-hydrogen) atoms. The lowest BCUT2D eigenvalue weighted by Crippen LogP contribution is -2.57. The molecule has 2 fully saturated rings. The highest BCUT2D eigenvalue weighted by atomic mass is 15.4. The molecule has 1 saturated carbocycles. The van der Waals surface area contributed by atoms with Crippen molar-refractivity contribution in [2.75, 3.05) is 13.1 Å². The minimum absolute atomic E-state index is 0.580. The van der Waals surface area contributed by atoms with Crippen molar-refractivity contribution in [1.29, 1.82) is 0 Å². The first kappa shape index (κ1) is 14.0. The third kappa shape index (κ3) is 3.20. The molecule has 2 heterocycles. The molecule has 0 bridgehead atoms. The first-order valence-electron chi connectivity index (χ1n) is 8.05. The normalized spacial score (nSPS) is 29.7. The van der Waals surface area contributed by atoms with E-state index in [1.54, 1.807) is 4.68 Å². The Kier molecular flexibility index (Phi) is 4.36. The molecule has 2 aliphatic rings. The van der Waals surface area contributed by atoms with Crippen molar-refractivity contribution in [3.8, 4) is 0 Å². The molecule has 5 heteroatoms. The molecule has 0 amide bonds. The SMILES string of the molecule is CC1CNC(C2CCCCC2)CN1Cc1cn(C)nn1. The van der Waals surface area contributed by atoms with Gasteiger partial charge in [0.2, 0.25) is 0 Å². The van der Waals surface area contributed by atoms with Gasteiger partial charge in [-0.15, -0.1) is 5.10 Å². The summed E-state index contributed by atoms with van der Waals surface area (Å²) >= 11 is 0. The summed E-state index contributed by atoms with van der Waals surface area (Å²) in [5.74, 6) is 0.876. The van der Waals surface area contributed by atoms with Crippen molar-refractivity contribution in [3.05, 3.63) is 11.9 Å². The molecular formula is C15H27N5. The summed E-state index contributed by atoms with van der Waals surface area (Å²) in [4.78, 5) is 2.57. The number of piperazine rings is 1. The molecule has 5 nitrogen and oxygen atoms in total. The molecule has 1 aromatic rings.